The Morgan fingerprint density at radius 3 is 2.49 bits per heavy atom. The molecule has 0 radical (unpaired) electrons. The molecule has 3 aromatic rings. The summed E-state index contributed by atoms with van der Waals surface area (Å²) in [6.07, 6.45) is 0. The van der Waals surface area contributed by atoms with E-state index in [1.807, 2.05) is 29.6 Å². The van der Waals surface area contributed by atoms with Gasteiger partial charge in [-0.05, 0) is 12.1 Å². The Hall–Kier alpha value is -2.86. The molecule has 35 heavy (non-hydrogen) atoms. The van der Waals surface area contributed by atoms with E-state index in [0.717, 1.165) is 35.9 Å². The molecule has 3 heterocycles. The molecule has 180 valence electrons. The lowest BCUT2D eigenvalue weighted by molar-refractivity contribution is 0.144. The third kappa shape index (κ3) is 5.87. The topological polar surface area (TPSA) is 115 Å². The molecule has 8 nitrogen and oxygen atoms in total. The maximum absolute atomic E-state index is 10.0. The van der Waals surface area contributed by atoms with Crippen LogP contribution in [0.2, 0.25) is 5.02 Å². The Balaban J connectivity index is 1.54. The van der Waals surface area contributed by atoms with Crippen LogP contribution in [0.5, 0.6) is 0 Å². The van der Waals surface area contributed by atoms with Gasteiger partial charge in [-0.3, -0.25) is 4.90 Å². The zero-order valence-electron chi connectivity index (χ0n) is 19.2. The van der Waals surface area contributed by atoms with E-state index < -0.39 is 0 Å². The molecule has 2 N–H and O–H groups in total. The van der Waals surface area contributed by atoms with Crippen molar-refractivity contribution in [2.24, 2.45) is 0 Å². The Labute approximate surface area is 217 Å². The van der Waals surface area contributed by atoms with Gasteiger partial charge in [-0.2, -0.15) is 10.5 Å². The SMILES string of the molecule is COCCN1CCN(c2c(C#N)c(N)nc(SCc3csc(-c4ccc(Cl)cc4)n3)c2C#N)CC1. The second kappa shape index (κ2) is 11.7. The van der Waals surface area contributed by atoms with E-state index in [-0.39, 0.29) is 11.4 Å². The largest absolute Gasteiger partial charge is 0.383 e. The molecule has 0 unspecified atom stereocenters. The van der Waals surface area contributed by atoms with E-state index in [0.29, 0.717) is 46.7 Å². The van der Waals surface area contributed by atoms with Crippen LogP contribution in [0, 0.1) is 22.7 Å². The first-order chi connectivity index (χ1) is 17.0. The molecule has 1 saturated heterocycles. The number of thioether (sulfide) groups is 1. The van der Waals surface area contributed by atoms with Crippen LogP contribution in [-0.4, -0.2) is 61.3 Å². The van der Waals surface area contributed by atoms with E-state index >= 15 is 0 Å². The van der Waals surface area contributed by atoms with Crippen LogP contribution in [0.3, 0.4) is 0 Å². The molecule has 4 rings (SSSR count). The van der Waals surface area contributed by atoms with Gasteiger partial charge < -0.3 is 15.4 Å². The third-order valence-corrected chi connectivity index (χ3v) is 7.89. The van der Waals surface area contributed by atoms with Gasteiger partial charge in [0.2, 0.25) is 0 Å². The Morgan fingerprint density at radius 2 is 1.83 bits per heavy atom. The van der Waals surface area contributed by atoms with Crippen molar-refractivity contribution in [1.29, 1.82) is 10.5 Å². The van der Waals surface area contributed by atoms with Crippen LogP contribution >= 0.6 is 34.7 Å². The number of nitrogens with zero attached hydrogens (tertiary/aromatic N) is 6. The maximum Gasteiger partial charge on any atom is 0.144 e. The number of thiazole rings is 1. The Morgan fingerprint density at radius 1 is 1.11 bits per heavy atom. The molecular weight excluding hydrogens is 502 g/mol. The fraction of sp³-hybridized carbons (Fsp3) is 0.333. The van der Waals surface area contributed by atoms with Crippen molar-refractivity contribution in [3.63, 3.8) is 0 Å². The first-order valence-electron chi connectivity index (χ1n) is 11.0. The molecule has 2 aromatic heterocycles. The summed E-state index contributed by atoms with van der Waals surface area (Å²) in [4.78, 5) is 13.5. The van der Waals surface area contributed by atoms with Crippen molar-refractivity contribution >= 4 is 46.2 Å². The number of halogens is 1. The molecule has 11 heteroatoms. The highest BCUT2D eigenvalue weighted by atomic mass is 35.5. The number of nitriles is 2. The average molecular weight is 526 g/mol. The molecule has 0 saturated carbocycles. The van der Waals surface area contributed by atoms with E-state index in [9.17, 15) is 10.5 Å². The standard InChI is InChI=1S/C24H24ClN7OS2/c1-33-11-10-31-6-8-32(9-7-31)21-19(12-26)22(28)30-24(20(21)13-27)35-15-18-14-34-23(29-18)16-2-4-17(25)5-3-16/h2-5,14H,6-11,15H2,1H3,(H2,28,30). The average Bonchev–Trinajstić information content (AvgIpc) is 3.35. The van der Waals surface area contributed by atoms with Crippen LogP contribution in [0.4, 0.5) is 11.5 Å². The summed E-state index contributed by atoms with van der Waals surface area (Å²) in [5.41, 5.74) is 9.29. The predicted molar refractivity (Wildman–Crippen MR) is 141 cm³/mol. The highest BCUT2D eigenvalue weighted by Crippen LogP contribution is 2.37. The van der Waals surface area contributed by atoms with Gasteiger partial charge in [-0.1, -0.05) is 35.5 Å². The molecule has 0 atom stereocenters. The van der Waals surface area contributed by atoms with Gasteiger partial charge in [0.05, 0.1) is 18.0 Å². The second-order valence-corrected chi connectivity index (χ2v) is 10.1. The van der Waals surface area contributed by atoms with Crippen LogP contribution in [-0.2, 0) is 10.5 Å². The van der Waals surface area contributed by atoms with Gasteiger partial charge in [0.25, 0.3) is 0 Å². The van der Waals surface area contributed by atoms with Gasteiger partial charge in [0.1, 0.15) is 39.1 Å². The maximum atomic E-state index is 10.0. The first kappa shape index (κ1) is 25.2. The van der Waals surface area contributed by atoms with Crippen molar-refractivity contribution in [2.45, 2.75) is 10.8 Å². The number of piperazine rings is 1. The number of aromatic nitrogens is 2. The van der Waals surface area contributed by atoms with Crippen LogP contribution < -0.4 is 10.6 Å². The smallest absolute Gasteiger partial charge is 0.144 e. The minimum Gasteiger partial charge on any atom is -0.383 e. The Kier molecular flexibility index (Phi) is 8.45. The van der Waals surface area contributed by atoms with E-state index in [1.54, 1.807) is 18.4 Å². The van der Waals surface area contributed by atoms with Gasteiger partial charge in [-0.15, -0.1) is 11.3 Å². The van der Waals surface area contributed by atoms with E-state index in [2.05, 4.69) is 26.9 Å². The number of ether oxygens (including phenoxy) is 1. The summed E-state index contributed by atoms with van der Waals surface area (Å²) >= 11 is 8.94. The second-order valence-electron chi connectivity index (χ2n) is 7.89. The number of benzene rings is 1. The van der Waals surface area contributed by atoms with Crippen molar-refractivity contribution in [1.82, 2.24) is 14.9 Å². The monoisotopic (exact) mass is 525 g/mol. The van der Waals surface area contributed by atoms with Crippen molar-refractivity contribution in [3.05, 3.63) is 51.5 Å². The highest BCUT2D eigenvalue weighted by Gasteiger charge is 2.26. The lowest BCUT2D eigenvalue weighted by Crippen LogP contribution is -2.47. The van der Waals surface area contributed by atoms with Crippen LogP contribution in [0.25, 0.3) is 10.6 Å². The molecule has 0 spiro atoms. The van der Waals surface area contributed by atoms with Crippen LogP contribution in [0.1, 0.15) is 16.8 Å². The summed E-state index contributed by atoms with van der Waals surface area (Å²) in [6.45, 7) is 4.54. The summed E-state index contributed by atoms with van der Waals surface area (Å²) in [5, 5.41) is 23.9. The summed E-state index contributed by atoms with van der Waals surface area (Å²) in [7, 11) is 1.69. The number of rotatable bonds is 8. The Bertz CT molecular complexity index is 1260. The van der Waals surface area contributed by atoms with Crippen molar-refractivity contribution < 1.29 is 4.74 Å². The summed E-state index contributed by atoms with van der Waals surface area (Å²) in [5.74, 6) is 0.674. The summed E-state index contributed by atoms with van der Waals surface area (Å²) in [6, 6.07) is 12.0. The van der Waals surface area contributed by atoms with E-state index in [1.165, 1.54) is 11.8 Å². The quantitative estimate of drug-likeness (QED) is 0.431. The molecule has 0 bridgehead atoms. The zero-order chi connectivity index (χ0) is 24.8. The van der Waals surface area contributed by atoms with Crippen molar-refractivity contribution in [3.8, 4) is 22.7 Å². The molecule has 1 aromatic carbocycles. The van der Waals surface area contributed by atoms with Gasteiger partial charge in [0.15, 0.2) is 0 Å². The fourth-order valence-electron chi connectivity index (χ4n) is 3.86. The van der Waals surface area contributed by atoms with Gasteiger partial charge in [-0.25, -0.2) is 9.97 Å². The fourth-order valence-corrected chi connectivity index (χ4v) is 5.80. The first-order valence-corrected chi connectivity index (χ1v) is 13.2. The number of hydrogen-bond donors (Lipinski definition) is 1. The summed E-state index contributed by atoms with van der Waals surface area (Å²) < 4.78 is 5.18. The van der Waals surface area contributed by atoms with Gasteiger partial charge >= 0.3 is 0 Å². The normalized spacial score (nSPS) is 14.0. The van der Waals surface area contributed by atoms with Crippen molar-refractivity contribution in [2.75, 3.05) is 57.1 Å². The number of hydrogen-bond acceptors (Lipinski definition) is 10. The molecule has 1 fully saturated rings. The third-order valence-electron chi connectivity index (χ3n) is 5.69. The molecule has 1 aliphatic rings. The minimum atomic E-state index is 0.144. The molecule has 1 aliphatic heterocycles. The molecular formula is C24H24ClN7OS2. The lowest BCUT2D eigenvalue weighted by atomic mass is 10.1. The van der Waals surface area contributed by atoms with Crippen LogP contribution in [0.15, 0.2) is 34.7 Å². The number of nitrogen functional groups attached to an aromatic ring is 1. The molecule has 0 amide bonds. The molecule has 0 aliphatic carbocycles. The highest BCUT2D eigenvalue weighted by molar-refractivity contribution is 7.98. The lowest BCUT2D eigenvalue weighted by Gasteiger charge is -2.37. The van der Waals surface area contributed by atoms with E-state index in [4.69, 9.17) is 27.1 Å². The van der Waals surface area contributed by atoms with Gasteiger partial charge in [0, 0.05) is 61.6 Å². The number of pyridine rings is 1. The minimum absolute atomic E-state index is 0.144. The zero-order valence-corrected chi connectivity index (χ0v) is 21.6. The number of nitrogens with two attached hydrogens (primary N) is 1. The number of methoxy groups -OCH3 is 1. The predicted octanol–water partition coefficient (Wildman–Crippen LogP) is 4.24. The number of anilines is 2.